The van der Waals surface area contributed by atoms with Gasteiger partial charge < -0.3 is 24.8 Å². The topological polar surface area (TPSA) is 130 Å². The van der Waals surface area contributed by atoms with Gasteiger partial charge in [-0.2, -0.15) is 0 Å². The minimum Gasteiger partial charge on any atom is -0.461 e. The molecular formula is C34H52O8. The molecule has 0 heterocycles. The normalized spacial score (nSPS) is 37.9. The Bertz CT molecular complexity index is 1120. The molecular weight excluding hydrogens is 536 g/mol. The first kappa shape index (κ1) is 32.9. The highest BCUT2D eigenvalue weighted by Gasteiger charge is 2.83. The molecule has 0 aromatic carbocycles. The monoisotopic (exact) mass is 588 g/mol. The highest BCUT2D eigenvalue weighted by atomic mass is 16.6. The summed E-state index contributed by atoms with van der Waals surface area (Å²) in [5, 5.41) is 35.3. The first-order valence-electron chi connectivity index (χ1n) is 16.2. The molecule has 0 saturated heterocycles. The van der Waals surface area contributed by atoms with Gasteiger partial charge in [-0.1, -0.05) is 85.3 Å². The van der Waals surface area contributed by atoms with Crippen LogP contribution >= 0.6 is 0 Å². The number of aliphatic hydroxyl groups excluding tert-OH is 2. The summed E-state index contributed by atoms with van der Waals surface area (Å²) in [6.45, 7) is 11.4. The summed E-state index contributed by atoms with van der Waals surface area (Å²) in [4.78, 5) is 40.4. The number of ether oxygens (including phenoxy) is 2. The molecule has 42 heavy (non-hydrogen) atoms. The van der Waals surface area contributed by atoms with Gasteiger partial charge in [0.1, 0.15) is 30.0 Å². The van der Waals surface area contributed by atoms with Crippen LogP contribution in [0.4, 0.5) is 0 Å². The van der Waals surface area contributed by atoms with Gasteiger partial charge in [0, 0.05) is 30.1 Å². The van der Waals surface area contributed by atoms with Crippen molar-refractivity contribution in [2.45, 2.75) is 136 Å². The summed E-state index contributed by atoms with van der Waals surface area (Å²) in [5.41, 5.74) is -4.74. The lowest BCUT2D eigenvalue weighted by molar-refractivity contribution is -0.192. The number of unbranched alkanes of at least 4 members (excludes halogenated alkanes) is 6. The SMILES string of the molecule is CCCCCCCC(=O)O[C@@]12C[C@@H](C)C34C=C(C)C(O)C3(O)C(O)C(COC(=O)CCCCC)=CC(C4=O)[C@H]1C2(C)C. The second-order valence-electron chi connectivity index (χ2n) is 14.0. The molecule has 5 unspecified atom stereocenters. The largest absolute Gasteiger partial charge is 0.461 e. The molecule has 0 aromatic rings. The van der Waals surface area contributed by atoms with Crippen molar-refractivity contribution in [3.63, 3.8) is 0 Å². The molecule has 4 aliphatic rings. The lowest BCUT2D eigenvalue weighted by Gasteiger charge is -2.48. The minimum absolute atomic E-state index is 0.191. The predicted molar refractivity (Wildman–Crippen MR) is 158 cm³/mol. The summed E-state index contributed by atoms with van der Waals surface area (Å²) in [6, 6.07) is 0. The summed E-state index contributed by atoms with van der Waals surface area (Å²) in [6.07, 6.45) is 8.56. The number of aliphatic hydroxyl groups is 3. The van der Waals surface area contributed by atoms with E-state index in [9.17, 15) is 29.7 Å². The number of allylic oxidation sites excluding steroid dienone is 1. The smallest absolute Gasteiger partial charge is 0.306 e. The zero-order valence-electron chi connectivity index (χ0n) is 26.4. The van der Waals surface area contributed by atoms with Crippen molar-refractivity contribution in [3.8, 4) is 0 Å². The third-order valence-electron chi connectivity index (χ3n) is 11.0. The number of esters is 2. The van der Waals surface area contributed by atoms with Crippen molar-refractivity contribution >= 4 is 17.7 Å². The van der Waals surface area contributed by atoms with Crippen molar-refractivity contribution in [1.82, 2.24) is 0 Å². The zero-order valence-corrected chi connectivity index (χ0v) is 26.4. The molecule has 4 rings (SSSR count). The van der Waals surface area contributed by atoms with Crippen molar-refractivity contribution in [1.29, 1.82) is 0 Å². The number of hydrogen-bond acceptors (Lipinski definition) is 8. The molecule has 3 N–H and O–H groups in total. The van der Waals surface area contributed by atoms with Gasteiger partial charge in [0.2, 0.25) is 0 Å². The van der Waals surface area contributed by atoms with Gasteiger partial charge in [-0.25, -0.2) is 0 Å². The van der Waals surface area contributed by atoms with Crippen molar-refractivity contribution in [3.05, 3.63) is 23.3 Å². The molecule has 2 bridgehead atoms. The number of hydrogen-bond donors (Lipinski definition) is 3. The standard InChI is InChI=1S/C34H52O8/c1-7-9-11-12-14-16-26(36)42-33-19-22(4)32-18-21(3)28(37)34(32,40)29(38)23(20-41-25(35)15-13-10-8-2)17-24(30(32)39)27(33)31(33,5)6/h17-18,22,24,27-29,37-38,40H,7-16,19-20H2,1-6H3/t22-,24?,27+,28?,29?,32?,33+,34?/m1/s1. The third-order valence-corrected chi connectivity index (χ3v) is 11.0. The number of rotatable bonds is 13. The number of Topliss-reactive ketones (excluding diaryl/α,β-unsaturated/α-hetero) is 1. The van der Waals surface area contributed by atoms with Gasteiger partial charge in [-0.15, -0.1) is 0 Å². The van der Waals surface area contributed by atoms with E-state index >= 15 is 0 Å². The first-order chi connectivity index (χ1) is 19.8. The Morgan fingerprint density at radius 1 is 0.952 bits per heavy atom. The van der Waals surface area contributed by atoms with Gasteiger partial charge >= 0.3 is 11.9 Å². The van der Waals surface area contributed by atoms with Crippen LogP contribution in [0.15, 0.2) is 23.3 Å². The van der Waals surface area contributed by atoms with Crippen LogP contribution in [-0.2, 0) is 23.9 Å². The summed E-state index contributed by atoms with van der Waals surface area (Å²) < 4.78 is 11.9. The Morgan fingerprint density at radius 2 is 1.55 bits per heavy atom. The first-order valence-corrected chi connectivity index (χ1v) is 16.2. The summed E-state index contributed by atoms with van der Waals surface area (Å²) in [7, 11) is 0. The Hall–Kier alpha value is -2.03. The second kappa shape index (κ2) is 12.2. The van der Waals surface area contributed by atoms with E-state index in [0.717, 1.165) is 44.9 Å². The lowest BCUT2D eigenvalue weighted by atomic mass is 9.59. The zero-order chi connectivity index (χ0) is 31.1. The van der Waals surface area contributed by atoms with Gasteiger partial charge in [0.05, 0.1) is 5.41 Å². The Kier molecular flexibility index (Phi) is 9.52. The van der Waals surface area contributed by atoms with Crippen molar-refractivity contribution < 1.29 is 39.2 Å². The third kappa shape index (κ3) is 4.99. The van der Waals surface area contributed by atoms with E-state index in [1.54, 1.807) is 19.1 Å². The fourth-order valence-electron chi connectivity index (χ4n) is 8.60. The highest BCUT2D eigenvalue weighted by molar-refractivity contribution is 5.96. The Labute approximate surface area is 250 Å². The molecule has 1 spiro atoms. The maximum atomic E-state index is 14.7. The molecule has 0 amide bonds. The number of carbonyl (C=O) groups is 3. The molecule has 4 aliphatic carbocycles. The van der Waals surface area contributed by atoms with Crippen LogP contribution in [0.3, 0.4) is 0 Å². The van der Waals surface area contributed by atoms with Crippen LogP contribution < -0.4 is 0 Å². The van der Waals surface area contributed by atoms with E-state index in [1.807, 2.05) is 27.7 Å². The van der Waals surface area contributed by atoms with E-state index in [2.05, 4.69) is 6.92 Å². The van der Waals surface area contributed by atoms with Gasteiger partial charge in [0.25, 0.3) is 0 Å². The predicted octanol–water partition coefficient (Wildman–Crippen LogP) is 4.97. The van der Waals surface area contributed by atoms with Crippen LogP contribution in [0.1, 0.15) is 112 Å². The number of carbonyl (C=O) groups excluding carboxylic acids is 3. The van der Waals surface area contributed by atoms with Crippen LogP contribution in [-0.4, -0.2) is 63.1 Å². The Morgan fingerprint density at radius 3 is 2.21 bits per heavy atom. The fraction of sp³-hybridized carbons (Fsp3) is 0.794. The van der Waals surface area contributed by atoms with Crippen molar-refractivity contribution in [2.75, 3.05) is 6.61 Å². The van der Waals surface area contributed by atoms with Crippen LogP contribution in [0.25, 0.3) is 0 Å². The van der Waals surface area contributed by atoms with E-state index in [1.165, 1.54) is 0 Å². The molecule has 2 saturated carbocycles. The lowest BCUT2D eigenvalue weighted by Crippen LogP contribution is -2.65. The van der Waals surface area contributed by atoms with Crippen LogP contribution in [0, 0.1) is 28.6 Å². The summed E-state index contributed by atoms with van der Waals surface area (Å²) >= 11 is 0. The fourth-order valence-corrected chi connectivity index (χ4v) is 8.60. The maximum Gasteiger partial charge on any atom is 0.306 e. The van der Waals surface area contributed by atoms with Crippen LogP contribution in [0.2, 0.25) is 0 Å². The molecule has 0 radical (unpaired) electrons. The van der Waals surface area contributed by atoms with Gasteiger partial charge in [0.15, 0.2) is 5.78 Å². The molecule has 2 fully saturated rings. The molecule has 8 atom stereocenters. The molecule has 8 nitrogen and oxygen atoms in total. The summed E-state index contributed by atoms with van der Waals surface area (Å²) in [5.74, 6) is -2.77. The molecule has 236 valence electrons. The average molecular weight is 589 g/mol. The van der Waals surface area contributed by atoms with Crippen molar-refractivity contribution in [2.24, 2.45) is 28.6 Å². The Balaban J connectivity index is 1.70. The maximum absolute atomic E-state index is 14.7. The molecule has 0 aromatic heterocycles. The molecule has 8 heteroatoms. The van der Waals surface area contributed by atoms with E-state index < -0.39 is 52.0 Å². The second-order valence-corrected chi connectivity index (χ2v) is 14.0. The number of fused-ring (bicyclic) bond motifs is 3. The van der Waals surface area contributed by atoms with Crippen LogP contribution in [0.5, 0.6) is 0 Å². The minimum atomic E-state index is -2.26. The number of ketones is 1. The van der Waals surface area contributed by atoms with E-state index in [0.29, 0.717) is 24.8 Å². The quantitative estimate of drug-likeness (QED) is 0.156. The van der Waals surface area contributed by atoms with Gasteiger partial charge in [-0.05, 0) is 43.3 Å². The van der Waals surface area contributed by atoms with Gasteiger partial charge in [-0.3, -0.25) is 14.4 Å². The highest BCUT2D eigenvalue weighted by Crippen LogP contribution is 2.75. The average Bonchev–Trinajstić information content (AvgIpc) is 3.35. The molecule has 0 aliphatic heterocycles. The van der Waals surface area contributed by atoms with E-state index in [-0.39, 0.29) is 36.3 Å². The van der Waals surface area contributed by atoms with E-state index in [4.69, 9.17) is 9.47 Å².